The number of carbonyl (C=O) groups is 2. The van der Waals surface area contributed by atoms with Gasteiger partial charge in [-0.3, -0.25) is 9.59 Å². The monoisotopic (exact) mass is 291 g/mol. The summed E-state index contributed by atoms with van der Waals surface area (Å²) in [6.45, 7) is 5.16. The number of likely N-dealkylation sites (tertiary alicyclic amines) is 1. The first-order chi connectivity index (χ1) is 8.60. The molecule has 0 bridgehead atoms. The number of hydrogen-bond acceptors (Lipinski definition) is 3. The third-order valence-corrected chi connectivity index (χ3v) is 3.64. The van der Waals surface area contributed by atoms with E-state index in [1.54, 1.807) is 0 Å². The molecule has 1 fully saturated rings. The van der Waals surface area contributed by atoms with Crippen molar-refractivity contribution in [3.63, 3.8) is 0 Å². The van der Waals surface area contributed by atoms with Crippen LogP contribution in [0.1, 0.15) is 39.5 Å². The number of nitrogens with two attached hydrogens (primary N) is 1. The third-order valence-electron chi connectivity index (χ3n) is 3.64. The molecule has 1 saturated heterocycles. The number of halogens is 1. The van der Waals surface area contributed by atoms with Crippen molar-refractivity contribution >= 4 is 24.2 Å². The number of amides is 2. The molecule has 0 aromatic heterocycles. The van der Waals surface area contributed by atoms with Gasteiger partial charge in [-0.2, -0.15) is 0 Å². The van der Waals surface area contributed by atoms with Crippen LogP contribution in [0.2, 0.25) is 0 Å². The largest absolute Gasteiger partial charge is 0.346 e. The highest BCUT2D eigenvalue weighted by atomic mass is 35.5. The van der Waals surface area contributed by atoms with Gasteiger partial charge in [-0.15, -0.1) is 12.4 Å². The molecular formula is C13H26ClN3O2. The molecule has 3 N–H and O–H groups in total. The lowest BCUT2D eigenvalue weighted by Gasteiger charge is -2.40. The van der Waals surface area contributed by atoms with Crippen LogP contribution in [0, 0.1) is 5.92 Å². The Hall–Kier alpha value is -0.810. The molecule has 0 aliphatic carbocycles. The van der Waals surface area contributed by atoms with Crippen LogP contribution in [0.3, 0.4) is 0 Å². The van der Waals surface area contributed by atoms with E-state index in [9.17, 15) is 9.59 Å². The van der Waals surface area contributed by atoms with E-state index in [1.165, 1.54) is 6.42 Å². The molecule has 19 heavy (non-hydrogen) atoms. The predicted octanol–water partition coefficient (Wildman–Crippen LogP) is 0.910. The SMILES string of the molecule is CCCC1C(C)CCCN1C(=O)CNC(=O)CN.Cl. The van der Waals surface area contributed by atoms with Gasteiger partial charge in [0.2, 0.25) is 11.8 Å². The molecule has 1 aliphatic rings. The van der Waals surface area contributed by atoms with Crippen molar-refractivity contribution in [2.45, 2.75) is 45.6 Å². The summed E-state index contributed by atoms with van der Waals surface area (Å²) >= 11 is 0. The van der Waals surface area contributed by atoms with E-state index in [2.05, 4.69) is 19.2 Å². The fourth-order valence-corrected chi connectivity index (χ4v) is 2.64. The zero-order valence-corrected chi connectivity index (χ0v) is 12.7. The lowest BCUT2D eigenvalue weighted by atomic mass is 9.88. The predicted molar refractivity (Wildman–Crippen MR) is 78.1 cm³/mol. The molecule has 1 heterocycles. The highest BCUT2D eigenvalue weighted by molar-refractivity contribution is 5.86. The maximum atomic E-state index is 12.1. The summed E-state index contributed by atoms with van der Waals surface area (Å²) in [5.41, 5.74) is 5.20. The molecule has 5 nitrogen and oxygen atoms in total. The summed E-state index contributed by atoms with van der Waals surface area (Å²) in [7, 11) is 0. The molecule has 0 radical (unpaired) electrons. The van der Waals surface area contributed by atoms with Crippen LogP contribution in [0.4, 0.5) is 0 Å². The first kappa shape index (κ1) is 18.2. The molecule has 1 aliphatic heterocycles. The van der Waals surface area contributed by atoms with Gasteiger partial charge in [0.1, 0.15) is 0 Å². The van der Waals surface area contributed by atoms with Gasteiger partial charge < -0.3 is 16.0 Å². The van der Waals surface area contributed by atoms with E-state index >= 15 is 0 Å². The number of carbonyl (C=O) groups excluding carboxylic acids is 2. The average molecular weight is 292 g/mol. The average Bonchev–Trinajstić information content (AvgIpc) is 2.38. The van der Waals surface area contributed by atoms with Gasteiger partial charge in [0.15, 0.2) is 0 Å². The van der Waals surface area contributed by atoms with Crippen molar-refractivity contribution in [2.75, 3.05) is 19.6 Å². The lowest BCUT2D eigenvalue weighted by Crippen LogP contribution is -2.51. The first-order valence-electron chi connectivity index (χ1n) is 6.86. The summed E-state index contributed by atoms with van der Waals surface area (Å²) < 4.78 is 0. The summed E-state index contributed by atoms with van der Waals surface area (Å²) in [6.07, 6.45) is 4.35. The van der Waals surface area contributed by atoms with Crippen LogP contribution in [0.25, 0.3) is 0 Å². The highest BCUT2D eigenvalue weighted by Gasteiger charge is 2.30. The standard InChI is InChI=1S/C13H25N3O2.ClH/c1-3-5-11-10(2)6-4-7-16(11)13(18)9-15-12(17)8-14;/h10-11H,3-9,14H2,1-2H3,(H,15,17);1H. The van der Waals surface area contributed by atoms with Crippen molar-refractivity contribution in [2.24, 2.45) is 11.7 Å². The highest BCUT2D eigenvalue weighted by Crippen LogP contribution is 2.26. The van der Waals surface area contributed by atoms with E-state index in [0.717, 1.165) is 25.8 Å². The second-order valence-electron chi connectivity index (χ2n) is 5.04. The normalized spacial score (nSPS) is 22.6. The molecule has 0 aromatic rings. The Morgan fingerprint density at radius 3 is 2.68 bits per heavy atom. The number of hydrogen-bond donors (Lipinski definition) is 2. The van der Waals surface area contributed by atoms with E-state index in [1.807, 2.05) is 4.90 Å². The second-order valence-corrected chi connectivity index (χ2v) is 5.04. The quantitative estimate of drug-likeness (QED) is 0.790. The Labute approximate surface area is 121 Å². The number of nitrogens with one attached hydrogen (secondary N) is 1. The first-order valence-corrected chi connectivity index (χ1v) is 6.86. The fourth-order valence-electron chi connectivity index (χ4n) is 2.64. The fraction of sp³-hybridized carbons (Fsp3) is 0.846. The number of rotatable bonds is 5. The van der Waals surface area contributed by atoms with Gasteiger partial charge in [0.25, 0.3) is 0 Å². The van der Waals surface area contributed by atoms with Crippen molar-refractivity contribution in [3.8, 4) is 0 Å². The zero-order valence-electron chi connectivity index (χ0n) is 11.9. The number of piperidine rings is 1. The molecule has 1 rings (SSSR count). The van der Waals surface area contributed by atoms with E-state index in [-0.39, 0.29) is 37.3 Å². The van der Waals surface area contributed by atoms with Crippen LogP contribution in [0.5, 0.6) is 0 Å². The van der Waals surface area contributed by atoms with Crippen molar-refractivity contribution in [1.29, 1.82) is 0 Å². The lowest BCUT2D eigenvalue weighted by molar-refractivity contribution is -0.137. The number of nitrogens with zero attached hydrogens (tertiary/aromatic N) is 1. The van der Waals surface area contributed by atoms with Crippen molar-refractivity contribution in [3.05, 3.63) is 0 Å². The summed E-state index contributed by atoms with van der Waals surface area (Å²) in [5, 5.41) is 2.55. The van der Waals surface area contributed by atoms with Crippen LogP contribution in [-0.2, 0) is 9.59 Å². The minimum atomic E-state index is -0.277. The molecule has 0 saturated carbocycles. The second kappa shape index (κ2) is 9.15. The molecule has 2 unspecified atom stereocenters. The van der Waals surface area contributed by atoms with Gasteiger partial charge in [-0.25, -0.2) is 0 Å². The maximum Gasteiger partial charge on any atom is 0.242 e. The van der Waals surface area contributed by atoms with Gasteiger partial charge in [-0.1, -0.05) is 20.3 Å². The van der Waals surface area contributed by atoms with Crippen LogP contribution in [-0.4, -0.2) is 42.4 Å². The maximum absolute atomic E-state index is 12.1. The third kappa shape index (κ3) is 5.37. The minimum absolute atomic E-state index is 0. The molecular weight excluding hydrogens is 266 g/mol. The van der Waals surface area contributed by atoms with Gasteiger partial charge in [-0.05, 0) is 25.2 Å². The Kier molecular flexibility index (Phi) is 8.76. The van der Waals surface area contributed by atoms with Gasteiger partial charge in [0.05, 0.1) is 13.1 Å². The Bertz CT molecular complexity index is 300. The zero-order chi connectivity index (χ0) is 13.5. The molecule has 2 atom stereocenters. The van der Waals surface area contributed by atoms with E-state index in [0.29, 0.717) is 12.0 Å². The van der Waals surface area contributed by atoms with Gasteiger partial charge >= 0.3 is 0 Å². The summed E-state index contributed by atoms with van der Waals surface area (Å²) in [4.78, 5) is 25.1. The smallest absolute Gasteiger partial charge is 0.242 e. The molecule has 2 amide bonds. The van der Waals surface area contributed by atoms with E-state index in [4.69, 9.17) is 5.73 Å². The van der Waals surface area contributed by atoms with Crippen molar-refractivity contribution in [1.82, 2.24) is 10.2 Å². The van der Waals surface area contributed by atoms with Crippen LogP contribution >= 0.6 is 12.4 Å². The Morgan fingerprint density at radius 2 is 2.11 bits per heavy atom. The van der Waals surface area contributed by atoms with E-state index < -0.39 is 0 Å². The Balaban J connectivity index is 0.00000324. The minimum Gasteiger partial charge on any atom is -0.346 e. The molecule has 112 valence electrons. The topological polar surface area (TPSA) is 75.4 Å². The molecule has 0 spiro atoms. The molecule has 0 aromatic carbocycles. The van der Waals surface area contributed by atoms with Crippen molar-refractivity contribution < 1.29 is 9.59 Å². The van der Waals surface area contributed by atoms with Crippen LogP contribution in [0.15, 0.2) is 0 Å². The summed E-state index contributed by atoms with van der Waals surface area (Å²) in [6, 6.07) is 0.325. The van der Waals surface area contributed by atoms with Crippen LogP contribution < -0.4 is 11.1 Å². The Morgan fingerprint density at radius 1 is 1.42 bits per heavy atom. The molecule has 6 heteroatoms. The van der Waals surface area contributed by atoms with Gasteiger partial charge in [0, 0.05) is 12.6 Å². The summed E-state index contributed by atoms with van der Waals surface area (Å²) in [5.74, 6) is 0.287.